The zero-order valence-electron chi connectivity index (χ0n) is 23.9. The van der Waals surface area contributed by atoms with Gasteiger partial charge in [0.15, 0.2) is 6.10 Å². The van der Waals surface area contributed by atoms with Gasteiger partial charge in [0.2, 0.25) is 15.8 Å². The second kappa shape index (κ2) is 15.7. The summed E-state index contributed by atoms with van der Waals surface area (Å²) in [5.74, 6) is -0.128. The molecule has 0 heterocycles. The number of carbonyl (C=O) groups excluding carboxylic acids is 2. The molecule has 222 valence electrons. The molecule has 0 radical (unpaired) electrons. The number of carbonyl (C=O) groups is 2. The molecule has 10 heteroatoms. The summed E-state index contributed by atoms with van der Waals surface area (Å²) in [6.07, 6.45) is 5.19. The second-order valence-corrected chi connectivity index (χ2v) is 12.5. The monoisotopic (exact) mass is 602 g/mol. The zero-order valence-corrected chi connectivity index (χ0v) is 25.4. The lowest BCUT2D eigenvalue weighted by molar-refractivity contribution is -0.120. The van der Waals surface area contributed by atoms with Crippen LogP contribution in [0.2, 0.25) is 5.02 Å². The number of ether oxygens (including phenoxy) is 2. The molecule has 8 nitrogen and oxygen atoms in total. The van der Waals surface area contributed by atoms with Crippen molar-refractivity contribution in [3.8, 4) is 5.75 Å². The van der Waals surface area contributed by atoms with E-state index in [1.807, 2.05) is 51.1 Å². The van der Waals surface area contributed by atoms with Gasteiger partial charge in [0.25, 0.3) is 0 Å². The molecule has 1 amide bonds. The predicted octanol–water partition coefficient (Wildman–Crippen LogP) is 6.23. The lowest BCUT2D eigenvalue weighted by Crippen LogP contribution is -2.45. The van der Waals surface area contributed by atoms with Crippen LogP contribution in [0.25, 0.3) is 0 Å². The fraction of sp³-hybridized carbons (Fsp3) is 0.419. The van der Waals surface area contributed by atoms with E-state index >= 15 is 0 Å². The highest BCUT2D eigenvalue weighted by atomic mass is 35.5. The van der Waals surface area contributed by atoms with E-state index in [9.17, 15) is 18.0 Å². The molecule has 1 aliphatic carbocycles. The van der Waals surface area contributed by atoms with Gasteiger partial charge in [0.05, 0.1) is 0 Å². The second-order valence-electron chi connectivity index (χ2n) is 10.1. The number of amides is 1. The smallest absolute Gasteiger partial charge is 0.411 e. The van der Waals surface area contributed by atoms with Crippen molar-refractivity contribution in [3.05, 3.63) is 89.0 Å². The number of ketones is 1. The Kier molecular flexibility index (Phi) is 12.4. The van der Waals surface area contributed by atoms with Crippen LogP contribution >= 0.6 is 11.6 Å². The molecule has 0 bridgehead atoms. The first-order valence-corrected chi connectivity index (χ1v) is 15.9. The summed E-state index contributed by atoms with van der Waals surface area (Å²) in [5, 5.41) is 0.563. The van der Waals surface area contributed by atoms with Crippen LogP contribution in [0.4, 0.5) is 4.79 Å². The van der Waals surface area contributed by atoms with Gasteiger partial charge in [-0.25, -0.2) is 17.5 Å². The Morgan fingerprint density at radius 3 is 2.41 bits per heavy atom. The van der Waals surface area contributed by atoms with Gasteiger partial charge in [-0.1, -0.05) is 81.3 Å². The molecule has 0 saturated heterocycles. The van der Waals surface area contributed by atoms with Crippen LogP contribution in [0, 0.1) is 5.92 Å². The SMILES string of the molecule is CCCN(CCC1=CC=CC(Oc2ccc(Cl)cc2)C1=O)S(=O)(=O)CN(CC(C)CC)C(=O)OCc1ccccc1. The van der Waals surface area contributed by atoms with Gasteiger partial charge < -0.3 is 9.47 Å². The maximum Gasteiger partial charge on any atom is 0.411 e. The number of sulfonamides is 1. The minimum absolute atomic E-state index is 0.0540. The van der Waals surface area contributed by atoms with E-state index in [1.54, 1.807) is 42.5 Å². The van der Waals surface area contributed by atoms with Gasteiger partial charge >= 0.3 is 6.09 Å². The van der Waals surface area contributed by atoms with Gasteiger partial charge in [-0.2, -0.15) is 0 Å². The molecule has 1 aliphatic rings. The fourth-order valence-electron chi connectivity index (χ4n) is 4.24. The molecule has 0 fully saturated rings. The minimum Gasteiger partial charge on any atom is -0.478 e. The van der Waals surface area contributed by atoms with E-state index in [4.69, 9.17) is 21.1 Å². The van der Waals surface area contributed by atoms with Crippen molar-refractivity contribution in [2.24, 2.45) is 5.92 Å². The highest BCUT2D eigenvalue weighted by molar-refractivity contribution is 7.89. The van der Waals surface area contributed by atoms with Crippen LogP contribution in [0.5, 0.6) is 5.75 Å². The number of halogens is 1. The molecule has 2 atom stereocenters. The average molecular weight is 603 g/mol. The number of Topliss-reactive ketones (excluding diaryl/α,β-unsaturated/α-hetero) is 1. The summed E-state index contributed by atoms with van der Waals surface area (Å²) in [7, 11) is -3.89. The first-order chi connectivity index (χ1) is 19.6. The van der Waals surface area contributed by atoms with Gasteiger partial charge in [-0.3, -0.25) is 9.69 Å². The topological polar surface area (TPSA) is 93.2 Å². The van der Waals surface area contributed by atoms with E-state index in [1.165, 1.54) is 9.21 Å². The molecule has 3 rings (SSSR count). The highest BCUT2D eigenvalue weighted by Crippen LogP contribution is 2.22. The Morgan fingerprint density at radius 2 is 1.76 bits per heavy atom. The van der Waals surface area contributed by atoms with Crippen LogP contribution in [0.15, 0.2) is 78.4 Å². The zero-order chi connectivity index (χ0) is 29.8. The maximum atomic E-state index is 13.6. The molecule has 2 aromatic rings. The van der Waals surface area contributed by atoms with Crippen molar-refractivity contribution in [2.75, 3.05) is 25.5 Å². The number of allylic oxidation sites excluding steroid dienone is 2. The Hall–Kier alpha value is -3.14. The van der Waals surface area contributed by atoms with Crippen molar-refractivity contribution in [1.82, 2.24) is 9.21 Å². The van der Waals surface area contributed by atoms with Gasteiger partial charge in [0, 0.05) is 30.2 Å². The number of benzene rings is 2. The normalized spacial score (nSPS) is 15.9. The average Bonchev–Trinajstić information content (AvgIpc) is 2.96. The van der Waals surface area contributed by atoms with Crippen molar-refractivity contribution < 1.29 is 27.5 Å². The summed E-state index contributed by atoms with van der Waals surface area (Å²) in [6.45, 7) is 6.51. The lowest BCUT2D eigenvalue weighted by atomic mass is 9.98. The summed E-state index contributed by atoms with van der Waals surface area (Å²) in [5.41, 5.74) is 1.29. The Bertz CT molecular complexity index is 1310. The van der Waals surface area contributed by atoms with Crippen LogP contribution < -0.4 is 4.74 Å². The molecule has 0 aromatic heterocycles. The molecule has 0 N–H and O–H groups in total. The summed E-state index contributed by atoms with van der Waals surface area (Å²) in [4.78, 5) is 27.4. The Balaban J connectivity index is 1.66. The van der Waals surface area contributed by atoms with Gasteiger partial charge in [0.1, 0.15) is 18.2 Å². The molecular weight excluding hydrogens is 564 g/mol. The van der Waals surface area contributed by atoms with Crippen molar-refractivity contribution >= 4 is 33.5 Å². The maximum absolute atomic E-state index is 13.6. The largest absolute Gasteiger partial charge is 0.478 e. The molecule has 2 aromatic carbocycles. The van der Waals surface area contributed by atoms with Gasteiger partial charge in [-0.15, -0.1) is 0 Å². The summed E-state index contributed by atoms with van der Waals surface area (Å²) in [6, 6.07) is 16.0. The third-order valence-corrected chi connectivity index (χ3v) is 8.79. The third kappa shape index (κ3) is 10.0. The van der Waals surface area contributed by atoms with Crippen LogP contribution in [0.1, 0.15) is 45.6 Å². The van der Waals surface area contributed by atoms with Crippen molar-refractivity contribution in [3.63, 3.8) is 0 Å². The van der Waals surface area contributed by atoms with E-state index in [0.29, 0.717) is 22.8 Å². The fourth-order valence-corrected chi connectivity index (χ4v) is 5.97. The Labute approximate surface area is 248 Å². The number of hydrogen-bond acceptors (Lipinski definition) is 6. The quantitative estimate of drug-likeness (QED) is 0.240. The molecule has 0 saturated carbocycles. The molecule has 0 aliphatic heterocycles. The molecular formula is C31H39ClN2O6S. The first-order valence-electron chi connectivity index (χ1n) is 13.9. The summed E-state index contributed by atoms with van der Waals surface area (Å²) >= 11 is 5.93. The number of rotatable bonds is 15. The van der Waals surface area contributed by atoms with Crippen LogP contribution in [-0.4, -0.2) is 61.1 Å². The molecule has 2 unspecified atom stereocenters. The number of nitrogens with zero attached hydrogens (tertiary/aromatic N) is 2. The van der Waals surface area contributed by atoms with E-state index in [-0.39, 0.29) is 44.4 Å². The first kappa shape index (κ1) is 32.4. The van der Waals surface area contributed by atoms with Crippen molar-refractivity contribution in [2.45, 2.75) is 52.7 Å². The minimum atomic E-state index is -3.89. The van der Waals surface area contributed by atoms with Crippen LogP contribution in [0.3, 0.4) is 0 Å². The molecule has 41 heavy (non-hydrogen) atoms. The standard InChI is InChI=1S/C31H39ClN2O6S/c1-4-19-34(20-18-26-12-9-13-29(30(26)35)40-28-16-14-27(32)15-17-28)41(37,38)23-33(21-24(3)5-2)31(36)39-22-25-10-7-6-8-11-25/h6-17,24,29H,4-5,18-23H2,1-3H3. The van der Waals surface area contributed by atoms with Crippen LogP contribution in [-0.2, 0) is 26.2 Å². The number of hydrogen-bond donors (Lipinski definition) is 0. The Morgan fingerprint density at radius 1 is 1.05 bits per heavy atom. The third-order valence-electron chi connectivity index (χ3n) is 6.74. The lowest BCUT2D eigenvalue weighted by Gasteiger charge is -2.29. The van der Waals surface area contributed by atoms with Crippen molar-refractivity contribution in [1.29, 1.82) is 0 Å². The predicted molar refractivity (Wildman–Crippen MR) is 161 cm³/mol. The van der Waals surface area contributed by atoms with E-state index in [2.05, 4.69) is 0 Å². The molecule has 0 spiro atoms. The van der Waals surface area contributed by atoms with E-state index < -0.39 is 28.1 Å². The van der Waals surface area contributed by atoms with E-state index in [0.717, 1.165) is 12.0 Å². The summed E-state index contributed by atoms with van der Waals surface area (Å²) < 4.78 is 39.8. The highest BCUT2D eigenvalue weighted by Gasteiger charge is 2.30. The van der Waals surface area contributed by atoms with Gasteiger partial charge in [-0.05, 0) is 54.7 Å².